The van der Waals surface area contributed by atoms with Crippen LogP contribution in [0.25, 0.3) is 0 Å². The summed E-state index contributed by atoms with van der Waals surface area (Å²) >= 11 is 0. The summed E-state index contributed by atoms with van der Waals surface area (Å²) in [6.07, 6.45) is 7.51. The SMILES string of the molecule is CCC1CCCC(C(=O)CCC(C)(C)N)C1. The monoisotopic (exact) mass is 225 g/mol. The molecule has 0 amide bonds. The second-order valence-corrected chi connectivity index (χ2v) is 6.09. The van der Waals surface area contributed by atoms with Gasteiger partial charge in [0.1, 0.15) is 5.78 Å². The van der Waals surface area contributed by atoms with E-state index in [2.05, 4.69) is 6.92 Å². The van der Waals surface area contributed by atoms with E-state index in [0.717, 1.165) is 25.2 Å². The van der Waals surface area contributed by atoms with Crippen molar-refractivity contribution in [3.8, 4) is 0 Å². The zero-order valence-corrected chi connectivity index (χ0v) is 11.1. The van der Waals surface area contributed by atoms with Crippen molar-refractivity contribution in [3.63, 3.8) is 0 Å². The average molecular weight is 225 g/mol. The molecule has 0 saturated heterocycles. The Morgan fingerprint density at radius 3 is 2.62 bits per heavy atom. The third kappa shape index (κ3) is 4.65. The molecule has 1 aliphatic carbocycles. The molecule has 0 aromatic rings. The molecule has 1 fully saturated rings. The summed E-state index contributed by atoms with van der Waals surface area (Å²) in [6.45, 7) is 6.23. The van der Waals surface area contributed by atoms with Gasteiger partial charge in [-0.3, -0.25) is 4.79 Å². The van der Waals surface area contributed by atoms with Gasteiger partial charge >= 0.3 is 0 Å². The standard InChI is InChI=1S/C14H27NO/c1-4-11-6-5-7-12(10-11)13(16)8-9-14(2,3)15/h11-12H,4-10,15H2,1-3H3. The highest BCUT2D eigenvalue weighted by Crippen LogP contribution is 2.32. The Hall–Kier alpha value is -0.370. The smallest absolute Gasteiger partial charge is 0.136 e. The van der Waals surface area contributed by atoms with Gasteiger partial charge in [-0.05, 0) is 39.0 Å². The first-order valence-electron chi connectivity index (χ1n) is 6.74. The minimum absolute atomic E-state index is 0.200. The normalized spacial score (nSPS) is 26.8. The van der Waals surface area contributed by atoms with Gasteiger partial charge in [0, 0.05) is 17.9 Å². The van der Waals surface area contributed by atoms with Crippen LogP contribution < -0.4 is 5.73 Å². The number of carbonyl (C=O) groups excluding carboxylic acids is 1. The summed E-state index contributed by atoms with van der Waals surface area (Å²) in [5.74, 6) is 1.58. The zero-order chi connectivity index (χ0) is 12.2. The highest BCUT2D eigenvalue weighted by atomic mass is 16.1. The lowest BCUT2D eigenvalue weighted by Gasteiger charge is -2.28. The molecular weight excluding hydrogens is 198 g/mol. The zero-order valence-electron chi connectivity index (χ0n) is 11.1. The van der Waals surface area contributed by atoms with Crippen molar-refractivity contribution in [1.82, 2.24) is 0 Å². The first-order chi connectivity index (χ1) is 7.42. The molecule has 94 valence electrons. The second-order valence-electron chi connectivity index (χ2n) is 6.09. The number of hydrogen-bond donors (Lipinski definition) is 1. The molecule has 1 rings (SSSR count). The lowest BCUT2D eigenvalue weighted by atomic mass is 9.77. The minimum atomic E-state index is -0.200. The van der Waals surface area contributed by atoms with Gasteiger partial charge in [-0.15, -0.1) is 0 Å². The molecule has 2 nitrogen and oxygen atoms in total. The van der Waals surface area contributed by atoms with Crippen LogP contribution in [0.2, 0.25) is 0 Å². The maximum atomic E-state index is 12.1. The molecule has 1 aliphatic rings. The van der Waals surface area contributed by atoms with Crippen molar-refractivity contribution in [3.05, 3.63) is 0 Å². The lowest BCUT2D eigenvalue weighted by molar-refractivity contribution is -0.124. The van der Waals surface area contributed by atoms with Gasteiger partial charge in [0.25, 0.3) is 0 Å². The van der Waals surface area contributed by atoms with E-state index < -0.39 is 0 Å². The fourth-order valence-corrected chi connectivity index (χ4v) is 2.60. The molecule has 1 saturated carbocycles. The van der Waals surface area contributed by atoms with E-state index in [9.17, 15) is 4.79 Å². The van der Waals surface area contributed by atoms with E-state index in [1.54, 1.807) is 0 Å². The van der Waals surface area contributed by atoms with Crippen LogP contribution in [0.1, 0.15) is 65.7 Å². The fourth-order valence-electron chi connectivity index (χ4n) is 2.60. The van der Waals surface area contributed by atoms with Crippen molar-refractivity contribution in [2.45, 2.75) is 71.3 Å². The first kappa shape index (κ1) is 13.7. The van der Waals surface area contributed by atoms with Gasteiger partial charge in [0.15, 0.2) is 0 Å². The highest BCUT2D eigenvalue weighted by Gasteiger charge is 2.26. The summed E-state index contributed by atoms with van der Waals surface area (Å²) in [7, 11) is 0. The summed E-state index contributed by atoms with van der Waals surface area (Å²) in [5.41, 5.74) is 5.71. The first-order valence-corrected chi connectivity index (χ1v) is 6.74. The Balaban J connectivity index is 2.36. The molecule has 0 bridgehead atoms. The Morgan fingerprint density at radius 2 is 2.06 bits per heavy atom. The maximum absolute atomic E-state index is 12.1. The maximum Gasteiger partial charge on any atom is 0.136 e. The van der Waals surface area contributed by atoms with Gasteiger partial charge in [-0.25, -0.2) is 0 Å². The number of nitrogens with two attached hydrogens (primary N) is 1. The summed E-state index contributed by atoms with van der Waals surface area (Å²) in [6, 6.07) is 0. The van der Waals surface area contributed by atoms with E-state index in [4.69, 9.17) is 5.73 Å². The molecule has 2 N–H and O–H groups in total. The summed E-state index contributed by atoms with van der Waals surface area (Å²) < 4.78 is 0. The molecule has 2 unspecified atom stereocenters. The molecule has 0 radical (unpaired) electrons. The predicted octanol–water partition coefficient (Wildman–Crippen LogP) is 3.29. The van der Waals surface area contributed by atoms with Crippen LogP contribution in [-0.2, 0) is 4.79 Å². The van der Waals surface area contributed by atoms with Crippen LogP contribution in [0.3, 0.4) is 0 Å². The topological polar surface area (TPSA) is 43.1 Å². The van der Waals surface area contributed by atoms with Crippen molar-refractivity contribution >= 4 is 5.78 Å². The molecule has 2 heteroatoms. The number of ketones is 1. The van der Waals surface area contributed by atoms with Crippen LogP contribution in [0.4, 0.5) is 0 Å². The molecular formula is C14H27NO. The van der Waals surface area contributed by atoms with Crippen molar-refractivity contribution in [2.24, 2.45) is 17.6 Å². The number of hydrogen-bond acceptors (Lipinski definition) is 2. The van der Waals surface area contributed by atoms with E-state index in [0.29, 0.717) is 18.1 Å². The number of rotatable bonds is 5. The van der Waals surface area contributed by atoms with E-state index >= 15 is 0 Å². The highest BCUT2D eigenvalue weighted by molar-refractivity contribution is 5.81. The summed E-state index contributed by atoms with van der Waals surface area (Å²) in [5, 5.41) is 0. The quantitative estimate of drug-likeness (QED) is 0.780. The van der Waals surface area contributed by atoms with E-state index in [1.165, 1.54) is 19.3 Å². The Morgan fingerprint density at radius 1 is 1.38 bits per heavy atom. The Labute approximate surface area is 100.0 Å². The third-order valence-electron chi connectivity index (χ3n) is 3.83. The largest absolute Gasteiger partial charge is 0.326 e. The third-order valence-corrected chi connectivity index (χ3v) is 3.83. The van der Waals surface area contributed by atoms with Crippen molar-refractivity contribution in [1.29, 1.82) is 0 Å². The van der Waals surface area contributed by atoms with Gasteiger partial charge in [0.2, 0.25) is 0 Å². The van der Waals surface area contributed by atoms with Gasteiger partial charge in [0.05, 0.1) is 0 Å². The molecule has 0 aliphatic heterocycles. The van der Waals surface area contributed by atoms with Crippen LogP contribution in [0.5, 0.6) is 0 Å². The van der Waals surface area contributed by atoms with Gasteiger partial charge in [-0.2, -0.15) is 0 Å². The summed E-state index contributed by atoms with van der Waals surface area (Å²) in [4.78, 5) is 12.1. The molecule has 2 atom stereocenters. The van der Waals surface area contributed by atoms with E-state index in [1.807, 2.05) is 13.8 Å². The van der Waals surface area contributed by atoms with Crippen LogP contribution in [0.15, 0.2) is 0 Å². The molecule has 16 heavy (non-hydrogen) atoms. The fraction of sp³-hybridized carbons (Fsp3) is 0.929. The Bertz CT molecular complexity index is 229. The van der Waals surface area contributed by atoms with Gasteiger partial charge in [-0.1, -0.05) is 26.2 Å². The second kappa shape index (κ2) is 5.81. The number of carbonyl (C=O) groups is 1. The molecule has 0 spiro atoms. The van der Waals surface area contributed by atoms with Gasteiger partial charge < -0.3 is 5.73 Å². The van der Waals surface area contributed by atoms with Crippen molar-refractivity contribution in [2.75, 3.05) is 0 Å². The van der Waals surface area contributed by atoms with E-state index in [-0.39, 0.29) is 5.54 Å². The minimum Gasteiger partial charge on any atom is -0.326 e. The lowest BCUT2D eigenvalue weighted by Crippen LogP contribution is -2.33. The van der Waals surface area contributed by atoms with Crippen LogP contribution >= 0.6 is 0 Å². The van der Waals surface area contributed by atoms with Crippen LogP contribution in [0, 0.1) is 11.8 Å². The Kier molecular flexibility index (Phi) is 4.97. The number of Topliss-reactive ketones (excluding diaryl/α,β-unsaturated/α-hetero) is 1. The van der Waals surface area contributed by atoms with Crippen molar-refractivity contribution < 1.29 is 4.79 Å². The molecule has 0 heterocycles. The molecule has 0 aromatic carbocycles. The van der Waals surface area contributed by atoms with Crippen LogP contribution in [-0.4, -0.2) is 11.3 Å². The predicted molar refractivity (Wildman–Crippen MR) is 68.2 cm³/mol. The molecule has 0 aromatic heterocycles. The average Bonchev–Trinajstić information content (AvgIpc) is 2.25.